The Morgan fingerprint density at radius 1 is 1.42 bits per heavy atom. The van der Waals surface area contributed by atoms with Crippen molar-refractivity contribution >= 4 is 23.4 Å². The van der Waals surface area contributed by atoms with Crippen molar-refractivity contribution in [3.05, 3.63) is 35.4 Å². The fraction of sp³-hybridized carbons (Fsp3) is 0.214. The minimum absolute atomic E-state index is 0.162. The van der Waals surface area contributed by atoms with Crippen LogP contribution in [0.4, 0.5) is 5.69 Å². The molecule has 1 aromatic rings. The first-order chi connectivity index (χ1) is 9.11. The van der Waals surface area contributed by atoms with Gasteiger partial charge in [-0.2, -0.15) is 10.4 Å². The van der Waals surface area contributed by atoms with Gasteiger partial charge in [0, 0.05) is 5.69 Å². The second-order valence-electron chi connectivity index (χ2n) is 4.25. The van der Waals surface area contributed by atoms with Gasteiger partial charge < -0.3 is 5.73 Å². The van der Waals surface area contributed by atoms with Gasteiger partial charge in [-0.25, -0.2) is 5.01 Å². The number of nitrogen functional groups attached to an aromatic ring is 1. The Labute approximate surface area is 111 Å². The van der Waals surface area contributed by atoms with Gasteiger partial charge >= 0.3 is 0 Å². The standard InChI is InChI=1S/C14H14N4O/c1-10-13(9-11-3-5-12(16)6-4-11)14(19)18(17-10)8-2-7-15/h3-6,9H,2,8,16H2,1H3. The number of anilines is 1. The quantitative estimate of drug-likeness (QED) is 0.659. The summed E-state index contributed by atoms with van der Waals surface area (Å²) in [6.45, 7) is 2.11. The van der Waals surface area contributed by atoms with E-state index in [0.29, 0.717) is 23.5 Å². The number of hydrazone groups is 1. The van der Waals surface area contributed by atoms with Gasteiger partial charge in [0.2, 0.25) is 0 Å². The van der Waals surface area contributed by atoms with E-state index in [1.54, 1.807) is 25.1 Å². The van der Waals surface area contributed by atoms with Crippen LogP contribution in [0, 0.1) is 11.3 Å². The molecule has 0 unspecified atom stereocenters. The summed E-state index contributed by atoms with van der Waals surface area (Å²) in [5, 5.41) is 14.0. The molecular weight excluding hydrogens is 240 g/mol. The molecule has 1 aromatic carbocycles. The minimum Gasteiger partial charge on any atom is -0.399 e. The number of nitriles is 1. The third-order valence-corrected chi connectivity index (χ3v) is 2.81. The number of carbonyl (C=O) groups is 1. The zero-order chi connectivity index (χ0) is 13.8. The van der Waals surface area contributed by atoms with Crippen LogP contribution in [0.25, 0.3) is 6.08 Å². The number of nitrogens with zero attached hydrogens (tertiary/aromatic N) is 3. The van der Waals surface area contributed by atoms with E-state index in [0.717, 1.165) is 5.56 Å². The van der Waals surface area contributed by atoms with Gasteiger partial charge in [-0.05, 0) is 30.7 Å². The van der Waals surface area contributed by atoms with Crippen LogP contribution >= 0.6 is 0 Å². The predicted octanol–water partition coefficient (Wildman–Crippen LogP) is 1.78. The van der Waals surface area contributed by atoms with Crippen molar-refractivity contribution < 1.29 is 4.79 Å². The lowest BCUT2D eigenvalue weighted by Crippen LogP contribution is -2.22. The molecule has 2 rings (SSSR count). The molecule has 1 aliphatic heterocycles. The number of benzene rings is 1. The van der Waals surface area contributed by atoms with Gasteiger partial charge in [-0.15, -0.1) is 0 Å². The van der Waals surface area contributed by atoms with Crippen LogP contribution in [-0.2, 0) is 4.79 Å². The molecule has 0 bridgehead atoms. The molecule has 0 atom stereocenters. The third kappa shape index (κ3) is 2.80. The van der Waals surface area contributed by atoms with Gasteiger partial charge in [0.05, 0.1) is 30.3 Å². The van der Waals surface area contributed by atoms with E-state index in [2.05, 4.69) is 5.10 Å². The number of nitrogens with two attached hydrogens (primary N) is 1. The molecule has 0 spiro atoms. The Balaban J connectivity index is 2.22. The van der Waals surface area contributed by atoms with Gasteiger partial charge in [-0.3, -0.25) is 4.79 Å². The lowest BCUT2D eigenvalue weighted by molar-refractivity contribution is -0.125. The van der Waals surface area contributed by atoms with E-state index in [1.807, 2.05) is 18.2 Å². The maximum absolute atomic E-state index is 12.1. The Morgan fingerprint density at radius 2 is 2.11 bits per heavy atom. The fourth-order valence-electron chi connectivity index (χ4n) is 1.81. The zero-order valence-electron chi connectivity index (χ0n) is 10.6. The lowest BCUT2D eigenvalue weighted by atomic mass is 10.1. The van der Waals surface area contributed by atoms with Gasteiger partial charge in [0.15, 0.2) is 0 Å². The van der Waals surface area contributed by atoms with E-state index in [1.165, 1.54) is 5.01 Å². The van der Waals surface area contributed by atoms with Crippen LogP contribution < -0.4 is 5.73 Å². The topological polar surface area (TPSA) is 82.5 Å². The average Bonchev–Trinajstić information content (AvgIpc) is 2.66. The molecular formula is C14H14N4O. The molecule has 1 aliphatic rings. The van der Waals surface area contributed by atoms with Gasteiger partial charge in [0.25, 0.3) is 5.91 Å². The first-order valence-corrected chi connectivity index (χ1v) is 5.93. The number of hydrogen-bond donors (Lipinski definition) is 1. The molecule has 0 aliphatic carbocycles. The van der Waals surface area contributed by atoms with Crippen LogP contribution in [0.15, 0.2) is 34.9 Å². The summed E-state index contributed by atoms with van der Waals surface area (Å²) in [6.07, 6.45) is 2.06. The van der Waals surface area contributed by atoms with Crippen molar-refractivity contribution in [2.45, 2.75) is 13.3 Å². The zero-order valence-corrected chi connectivity index (χ0v) is 10.6. The summed E-state index contributed by atoms with van der Waals surface area (Å²) in [4.78, 5) is 12.1. The van der Waals surface area contributed by atoms with Crippen molar-refractivity contribution in [1.29, 1.82) is 5.26 Å². The molecule has 96 valence electrons. The number of rotatable bonds is 3. The van der Waals surface area contributed by atoms with Gasteiger partial charge in [-0.1, -0.05) is 12.1 Å². The minimum atomic E-state index is -0.162. The molecule has 1 heterocycles. The highest BCUT2D eigenvalue weighted by Crippen LogP contribution is 2.19. The van der Waals surface area contributed by atoms with E-state index < -0.39 is 0 Å². The van der Waals surface area contributed by atoms with Crippen LogP contribution in [0.2, 0.25) is 0 Å². The summed E-state index contributed by atoms with van der Waals surface area (Å²) < 4.78 is 0. The van der Waals surface area contributed by atoms with E-state index in [-0.39, 0.29) is 12.3 Å². The fourth-order valence-corrected chi connectivity index (χ4v) is 1.81. The van der Waals surface area contributed by atoms with E-state index >= 15 is 0 Å². The van der Waals surface area contributed by atoms with Crippen LogP contribution in [-0.4, -0.2) is 23.2 Å². The molecule has 0 aromatic heterocycles. The summed E-state index contributed by atoms with van der Waals surface area (Å²) >= 11 is 0. The molecule has 5 heteroatoms. The van der Waals surface area contributed by atoms with E-state index in [4.69, 9.17) is 11.0 Å². The Hall–Kier alpha value is -2.61. The molecule has 0 fully saturated rings. The van der Waals surface area contributed by atoms with Crippen molar-refractivity contribution in [2.24, 2.45) is 5.10 Å². The normalized spacial score (nSPS) is 16.6. The highest BCUT2D eigenvalue weighted by molar-refractivity contribution is 6.26. The van der Waals surface area contributed by atoms with Crippen molar-refractivity contribution in [2.75, 3.05) is 12.3 Å². The predicted molar refractivity (Wildman–Crippen MR) is 73.9 cm³/mol. The highest BCUT2D eigenvalue weighted by Gasteiger charge is 2.26. The monoisotopic (exact) mass is 254 g/mol. The number of carbonyl (C=O) groups excluding carboxylic acids is 1. The smallest absolute Gasteiger partial charge is 0.275 e. The maximum atomic E-state index is 12.1. The Morgan fingerprint density at radius 3 is 2.74 bits per heavy atom. The Kier molecular flexibility index (Phi) is 3.62. The maximum Gasteiger partial charge on any atom is 0.275 e. The molecule has 0 radical (unpaired) electrons. The molecule has 19 heavy (non-hydrogen) atoms. The summed E-state index contributed by atoms with van der Waals surface area (Å²) in [5.74, 6) is -0.162. The largest absolute Gasteiger partial charge is 0.399 e. The van der Waals surface area contributed by atoms with Gasteiger partial charge in [0.1, 0.15) is 0 Å². The average molecular weight is 254 g/mol. The first kappa shape index (κ1) is 12.8. The van der Waals surface area contributed by atoms with Crippen LogP contribution in [0.1, 0.15) is 18.9 Å². The van der Waals surface area contributed by atoms with Crippen LogP contribution in [0.5, 0.6) is 0 Å². The highest BCUT2D eigenvalue weighted by atomic mass is 16.2. The summed E-state index contributed by atoms with van der Waals surface area (Å²) in [5.41, 5.74) is 8.42. The second-order valence-corrected chi connectivity index (χ2v) is 4.25. The van der Waals surface area contributed by atoms with Crippen molar-refractivity contribution in [3.63, 3.8) is 0 Å². The molecule has 2 N–H and O–H groups in total. The van der Waals surface area contributed by atoms with Crippen LogP contribution in [0.3, 0.4) is 0 Å². The summed E-state index contributed by atoms with van der Waals surface area (Å²) in [7, 11) is 0. The molecule has 5 nitrogen and oxygen atoms in total. The lowest BCUT2D eigenvalue weighted by Gasteiger charge is -2.08. The number of hydrogen-bond acceptors (Lipinski definition) is 4. The van der Waals surface area contributed by atoms with Crippen molar-refractivity contribution in [1.82, 2.24) is 5.01 Å². The first-order valence-electron chi connectivity index (χ1n) is 5.93. The molecule has 0 saturated carbocycles. The third-order valence-electron chi connectivity index (χ3n) is 2.81. The van der Waals surface area contributed by atoms with E-state index in [9.17, 15) is 4.79 Å². The SMILES string of the molecule is CC1=NN(CCC#N)C(=O)C1=Cc1ccc(N)cc1. The second kappa shape index (κ2) is 5.36. The number of amides is 1. The van der Waals surface area contributed by atoms with Crippen molar-refractivity contribution in [3.8, 4) is 6.07 Å². The molecule has 1 amide bonds. The summed E-state index contributed by atoms with van der Waals surface area (Å²) in [6, 6.07) is 9.27. The Bertz CT molecular complexity index is 593. The molecule has 0 saturated heterocycles.